The fourth-order valence-electron chi connectivity index (χ4n) is 1.89. The van der Waals surface area contributed by atoms with E-state index in [4.69, 9.17) is 0 Å². The number of halogens is 1. The molecule has 1 amide bonds. The van der Waals surface area contributed by atoms with E-state index in [1.165, 1.54) is 6.08 Å². The highest BCUT2D eigenvalue weighted by Crippen LogP contribution is 2.22. The Kier molecular flexibility index (Phi) is 4.17. The summed E-state index contributed by atoms with van der Waals surface area (Å²) < 4.78 is 1.05. The number of aromatic nitrogens is 2. The molecule has 2 aromatic heterocycles. The SMILES string of the molecule is O=C(C=Cc1ccc(Br)s1)NCc1nc2ccccc2[nH]1. The number of carbonyl (C=O) groups is 1. The molecule has 0 atom stereocenters. The summed E-state index contributed by atoms with van der Waals surface area (Å²) >= 11 is 4.97. The third-order valence-electron chi connectivity index (χ3n) is 2.86. The molecule has 3 aromatic rings. The number of benzene rings is 1. The van der Waals surface area contributed by atoms with Crippen molar-refractivity contribution in [3.63, 3.8) is 0 Å². The van der Waals surface area contributed by atoms with Gasteiger partial charge in [0.1, 0.15) is 5.82 Å². The number of hydrogen-bond donors (Lipinski definition) is 2. The Labute approximate surface area is 134 Å². The van der Waals surface area contributed by atoms with Gasteiger partial charge in [-0.05, 0) is 46.3 Å². The quantitative estimate of drug-likeness (QED) is 0.695. The second kappa shape index (κ2) is 6.24. The number of amides is 1. The summed E-state index contributed by atoms with van der Waals surface area (Å²) in [5.41, 5.74) is 1.88. The fraction of sp³-hybridized carbons (Fsp3) is 0.0667. The highest BCUT2D eigenvalue weighted by Gasteiger charge is 2.03. The second-order valence-corrected chi connectivity index (χ2v) is 6.89. The topological polar surface area (TPSA) is 57.8 Å². The van der Waals surface area contributed by atoms with Crippen molar-refractivity contribution < 1.29 is 4.79 Å². The molecule has 2 heterocycles. The number of nitrogens with one attached hydrogen (secondary N) is 2. The van der Waals surface area contributed by atoms with Gasteiger partial charge < -0.3 is 10.3 Å². The maximum atomic E-state index is 11.8. The molecule has 0 saturated carbocycles. The average Bonchev–Trinajstić information content (AvgIpc) is 3.08. The van der Waals surface area contributed by atoms with Crippen LogP contribution in [0.25, 0.3) is 17.1 Å². The molecule has 6 heteroatoms. The molecule has 0 aliphatic heterocycles. The first-order valence-corrected chi connectivity index (χ1v) is 7.96. The lowest BCUT2D eigenvalue weighted by atomic mass is 10.3. The molecule has 0 bridgehead atoms. The van der Waals surface area contributed by atoms with Crippen LogP contribution in [-0.2, 0) is 11.3 Å². The molecule has 1 aromatic carbocycles. The normalized spacial score (nSPS) is 11.3. The van der Waals surface area contributed by atoms with E-state index in [0.29, 0.717) is 6.54 Å². The van der Waals surface area contributed by atoms with Gasteiger partial charge >= 0.3 is 0 Å². The zero-order valence-electron chi connectivity index (χ0n) is 11.0. The van der Waals surface area contributed by atoms with Crippen molar-refractivity contribution in [2.75, 3.05) is 0 Å². The number of carbonyl (C=O) groups excluding carboxylic acids is 1. The Morgan fingerprint density at radius 3 is 2.95 bits per heavy atom. The lowest BCUT2D eigenvalue weighted by Gasteiger charge is -1.97. The van der Waals surface area contributed by atoms with Gasteiger partial charge in [-0.3, -0.25) is 4.79 Å². The van der Waals surface area contributed by atoms with Gasteiger partial charge in [-0.15, -0.1) is 11.3 Å². The zero-order chi connectivity index (χ0) is 14.7. The van der Waals surface area contributed by atoms with E-state index in [-0.39, 0.29) is 5.91 Å². The third-order valence-corrected chi connectivity index (χ3v) is 4.45. The summed E-state index contributed by atoms with van der Waals surface area (Å²) in [6.45, 7) is 0.381. The van der Waals surface area contributed by atoms with Crippen molar-refractivity contribution in [3.8, 4) is 0 Å². The standard InChI is InChI=1S/C15H12BrN3OS/c16-13-7-5-10(21-13)6-8-15(20)17-9-14-18-11-3-1-2-4-12(11)19-14/h1-8H,9H2,(H,17,20)(H,18,19). The van der Waals surface area contributed by atoms with Crippen molar-refractivity contribution in [2.24, 2.45) is 0 Å². The van der Waals surface area contributed by atoms with Gasteiger partial charge in [0.25, 0.3) is 0 Å². The number of hydrogen-bond acceptors (Lipinski definition) is 3. The molecule has 0 spiro atoms. The number of rotatable bonds is 4. The molecule has 0 aliphatic carbocycles. The first kappa shape index (κ1) is 14.0. The predicted octanol–water partition coefficient (Wildman–Crippen LogP) is 3.72. The summed E-state index contributed by atoms with van der Waals surface area (Å²) in [6.07, 6.45) is 3.32. The van der Waals surface area contributed by atoms with Crippen molar-refractivity contribution in [3.05, 3.63) is 57.0 Å². The van der Waals surface area contributed by atoms with Crippen LogP contribution in [0.15, 0.2) is 46.3 Å². The molecule has 0 fully saturated rings. The van der Waals surface area contributed by atoms with Crippen LogP contribution in [0.1, 0.15) is 10.7 Å². The molecule has 0 radical (unpaired) electrons. The van der Waals surface area contributed by atoms with Gasteiger partial charge in [-0.1, -0.05) is 12.1 Å². The molecule has 4 nitrogen and oxygen atoms in total. The number of fused-ring (bicyclic) bond motifs is 1. The molecule has 106 valence electrons. The number of H-pyrrole nitrogens is 1. The number of para-hydroxylation sites is 2. The van der Waals surface area contributed by atoms with Crippen LogP contribution in [0.2, 0.25) is 0 Å². The maximum Gasteiger partial charge on any atom is 0.244 e. The van der Waals surface area contributed by atoms with Gasteiger partial charge in [0, 0.05) is 11.0 Å². The predicted molar refractivity (Wildman–Crippen MR) is 89.0 cm³/mol. The van der Waals surface area contributed by atoms with Crippen LogP contribution in [0.4, 0.5) is 0 Å². The van der Waals surface area contributed by atoms with Crippen molar-refractivity contribution in [2.45, 2.75) is 6.54 Å². The highest BCUT2D eigenvalue weighted by atomic mass is 79.9. The maximum absolute atomic E-state index is 11.8. The van der Waals surface area contributed by atoms with E-state index in [1.807, 2.05) is 36.4 Å². The van der Waals surface area contributed by atoms with Crippen molar-refractivity contribution in [1.82, 2.24) is 15.3 Å². The summed E-state index contributed by atoms with van der Waals surface area (Å²) in [4.78, 5) is 20.4. The number of nitrogens with zero attached hydrogens (tertiary/aromatic N) is 1. The lowest BCUT2D eigenvalue weighted by molar-refractivity contribution is -0.116. The van der Waals surface area contributed by atoms with E-state index in [0.717, 1.165) is 25.5 Å². The minimum atomic E-state index is -0.139. The molecule has 0 aliphatic rings. The van der Waals surface area contributed by atoms with Crippen LogP contribution in [0, 0.1) is 0 Å². The average molecular weight is 362 g/mol. The van der Waals surface area contributed by atoms with E-state index in [9.17, 15) is 4.79 Å². The Bertz CT molecular complexity index is 773. The van der Waals surface area contributed by atoms with E-state index >= 15 is 0 Å². The summed E-state index contributed by atoms with van der Waals surface area (Å²) in [7, 11) is 0. The van der Waals surface area contributed by atoms with Crippen LogP contribution in [-0.4, -0.2) is 15.9 Å². The Morgan fingerprint density at radius 1 is 1.33 bits per heavy atom. The highest BCUT2D eigenvalue weighted by molar-refractivity contribution is 9.11. The van der Waals surface area contributed by atoms with E-state index < -0.39 is 0 Å². The largest absolute Gasteiger partial charge is 0.345 e. The first-order chi connectivity index (χ1) is 10.2. The van der Waals surface area contributed by atoms with Gasteiger partial charge in [0.2, 0.25) is 5.91 Å². The minimum Gasteiger partial charge on any atom is -0.345 e. The van der Waals surface area contributed by atoms with Gasteiger partial charge in [0.15, 0.2) is 0 Å². The van der Waals surface area contributed by atoms with Crippen LogP contribution < -0.4 is 5.32 Å². The molecular formula is C15H12BrN3OS. The zero-order valence-corrected chi connectivity index (χ0v) is 13.4. The van der Waals surface area contributed by atoms with Crippen LogP contribution >= 0.6 is 27.3 Å². The monoisotopic (exact) mass is 361 g/mol. The molecule has 3 rings (SSSR count). The number of aromatic amines is 1. The lowest BCUT2D eigenvalue weighted by Crippen LogP contribution is -2.20. The molecule has 21 heavy (non-hydrogen) atoms. The number of thiophene rings is 1. The smallest absolute Gasteiger partial charge is 0.244 e. The Balaban J connectivity index is 1.59. The van der Waals surface area contributed by atoms with E-state index in [1.54, 1.807) is 17.4 Å². The first-order valence-electron chi connectivity index (χ1n) is 6.35. The van der Waals surface area contributed by atoms with Crippen LogP contribution in [0.3, 0.4) is 0 Å². The van der Waals surface area contributed by atoms with Gasteiger partial charge in [-0.2, -0.15) is 0 Å². The van der Waals surface area contributed by atoms with Gasteiger partial charge in [0.05, 0.1) is 21.4 Å². The Hall–Kier alpha value is -1.92. The van der Waals surface area contributed by atoms with E-state index in [2.05, 4.69) is 31.2 Å². The number of imidazole rings is 1. The van der Waals surface area contributed by atoms with Crippen molar-refractivity contribution >= 4 is 50.3 Å². The molecule has 2 N–H and O–H groups in total. The minimum absolute atomic E-state index is 0.139. The molecule has 0 unspecified atom stereocenters. The molecular weight excluding hydrogens is 350 g/mol. The third kappa shape index (κ3) is 3.59. The van der Waals surface area contributed by atoms with Gasteiger partial charge in [-0.25, -0.2) is 4.98 Å². The Morgan fingerprint density at radius 2 is 2.19 bits per heavy atom. The second-order valence-electron chi connectivity index (χ2n) is 4.39. The summed E-state index contributed by atoms with van der Waals surface area (Å²) in [5.74, 6) is 0.608. The van der Waals surface area contributed by atoms with Crippen LogP contribution in [0.5, 0.6) is 0 Å². The van der Waals surface area contributed by atoms with Crippen molar-refractivity contribution in [1.29, 1.82) is 0 Å². The summed E-state index contributed by atoms with van der Waals surface area (Å²) in [5, 5.41) is 2.81. The summed E-state index contributed by atoms with van der Waals surface area (Å²) in [6, 6.07) is 11.7. The fourth-order valence-corrected chi connectivity index (χ4v) is 3.22. The molecule has 0 saturated heterocycles.